The highest BCUT2D eigenvalue weighted by Crippen LogP contribution is 2.25. The van der Waals surface area contributed by atoms with Gasteiger partial charge in [0.25, 0.3) is 5.91 Å². The van der Waals surface area contributed by atoms with E-state index >= 15 is 0 Å². The highest BCUT2D eigenvalue weighted by Gasteiger charge is 2.28. The number of rotatable bonds is 4. The average Bonchev–Trinajstić information content (AvgIpc) is 2.95. The van der Waals surface area contributed by atoms with E-state index in [9.17, 15) is 17.6 Å². The molecule has 0 unspecified atom stereocenters. The quantitative estimate of drug-likeness (QED) is 0.840. The van der Waals surface area contributed by atoms with Crippen LogP contribution in [0.4, 0.5) is 10.1 Å². The van der Waals surface area contributed by atoms with Crippen molar-refractivity contribution in [3.63, 3.8) is 0 Å². The molecule has 1 aliphatic rings. The first-order valence-corrected chi connectivity index (χ1v) is 9.58. The van der Waals surface area contributed by atoms with Gasteiger partial charge < -0.3 is 4.90 Å². The van der Waals surface area contributed by atoms with E-state index in [0.717, 1.165) is 5.56 Å². The van der Waals surface area contributed by atoms with Crippen molar-refractivity contribution in [2.75, 3.05) is 23.7 Å². The van der Waals surface area contributed by atoms with Crippen LogP contribution in [0.15, 0.2) is 48.5 Å². The Morgan fingerprint density at radius 2 is 1.92 bits per heavy atom. The fraction of sp³-hybridized carbons (Fsp3) is 0.278. The van der Waals surface area contributed by atoms with Crippen molar-refractivity contribution in [3.8, 4) is 0 Å². The van der Waals surface area contributed by atoms with Gasteiger partial charge in [0, 0.05) is 25.7 Å². The third-order valence-electron chi connectivity index (χ3n) is 4.16. The lowest BCUT2D eigenvalue weighted by molar-refractivity contribution is 0.0785. The van der Waals surface area contributed by atoms with E-state index in [-0.39, 0.29) is 17.5 Å². The molecular weight excluding hydrogens is 343 g/mol. The highest BCUT2D eigenvalue weighted by atomic mass is 32.2. The third-order valence-corrected chi connectivity index (χ3v) is 6.03. The van der Waals surface area contributed by atoms with Gasteiger partial charge in [0.2, 0.25) is 10.0 Å². The van der Waals surface area contributed by atoms with E-state index < -0.39 is 10.0 Å². The Balaban J connectivity index is 1.78. The zero-order chi connectivity index (χ0) is 18.0. The van der Waals surface area contributed by atoms with E-state index in [2.05, 4.69) is 0 Å². The summed E-state index contributed by atoms with van der Waals surface area (Å²) in [5, 5.41) is 0. The number of anilines is 1. The van der Waals surface area contributed by atoms with Crippen LogP contribution in [0.2, 0.25) is 0 Å². The molecule has 7 heteroatoms. The van der Waals surface area contributed by atoms with Crippen molar-refractivity contribution in [1.82, 2.24) is 4.90 Å². The van der Waals surface area contributed by atoms with Crippen LogP contribution in [-0.4, -0.2) is 38.6 Å². The van der Waals surface area contributed by atoms with Gasteiger partial charge in [-0.25, -0.2) is 12.8 Å². The van der Waals surface area contributed by atoms with E-state index in [1.165, 1.54) is 21.3 Å². The minimum atomic E-state index is -3.28. The third kappa shape index (κ3) is 3.82. The van der Waals surface area contributed by atoms with Crippen molar-refractivity contribution < 1.29 is 17.6 Å². The second-order valence-corrected chi connectivity index (χ2v) is 8.09. The summed E-state index contributed by atoms with van der Waals surface area (Å²) in [6.45, 7) is 0.775. The molecule has 1 saturated heterocycles. The molecule has 3 rings (SSSR count). The van der Waals surface area contributed by atoms with Gasteiger partial charge in [-0.3, -0.25) is 9.10 Å². The second-order valence-electron chi connectivity index (χ2n) is 6.08. The van der Waals surface area contributed by atoms with Gasteiger partial charge in [0.15, 0.2) is 0 Å². The zero-order valence-electron chi connectivity index (χ0n) is 13.9. The molecule has 1 aliphatic heterocycles. The summed E-state index contributed by atoms with van der Waals surface area (Å²) in [7, 11) is -1.62. The maximum atomic E-state index is 13.0. The molecule has 132 valence electrons. The highest BCUT2D eigenvalue weighted by molar-refractivity contribution is 7.93. The molecule has 2 aromatic carbocycles. The first-order valence-electron chi connectivity index (χ1n) is 7.97. The summed E-state index contributed by atoms with van der Waals surface area (Å²) in [4.78, 5) is 14.1. The summed E-state index contributed by atoms with van der Waals surface area (Å²) < 4.78 is 38.4. The molecule has 0 radical (unpaired) electrons. The molecule has 0 spiro atoms. The standard InChI is InChI=1S/C18H19FN2O3S/c1-20(13-14-6-8-16(19)9-7-14)18(22)15-4-2-5-17(12-15)21-10-3-11-25(21,23)24/h2,4-9,12H,3,10-11,13H2,1H3. The summed E-state index contributed by atoms with van der Waals surface area (Å²) in [5.74, 6) is -0.407. The summed E-state index contributed by atoms with van der Waals surface area (Å²) in [6.07, 6.45) is 0.588. The van der Waals surface area contributed by atoms with Crippen LogP contribution in [0.1, 0.15) is 22.3 Å². The Morgan fingerprint density at radius 3 is 2.56 bits per heavy atom. The number of carbonyl (C=O) groups excluding carboxylic acids is 1. The lowest BCUT2D eigenvalue weighted by Crippen LogP contribution is -2.28. The summed E-state index contributed by atoms with van der Waals surface area (Å²) in [5.41, 5.74) is 1.75. The summed E-state index contributed by atoms with van der Waals surface area (Å²) in [6, 6.07) is 12.6. The van der Waals surface area contributed by atoms with Gasteiger partial charge in [0.05, 0.1) is 11.4 Å². The fourth-order valence-electron chi connectivity index (χ4n) is 2.88. The molecule has 0 N–H and O–H groups in total. The number of nitrogens with zero attached hydrogens (tertiary/aromatic N) is 2. The number of carbonyl (C=O) groups is 1. The minimum Gasteiger partial charge on any atom is -0.337 e. The SMILES string of the molecule is CN(Cc1ccc(F)cc1)C(=O)c1cccc(N2CCCS2(=O)=O)c1. The first kappa shape index (κ1) is 17.4. The summed E-state index contributed by atoms with van der Waals surface area (Å²) >= 11 is 0. The number of halogens is 1. The number of hydrogen-bond acceptors (Lipinski definition) is 3. The van der Waals surface area contributed by atoms with Gasteiger partial charge in [-0.2, -0.15) is 0 Å². The van der Waals surface area contributed by atoms with Crippen molar-refractivity contribution >= 4 is 21.6 Å². The number of hydrogen-bond donors (Lipinski definition) is 0. The number of sulfonamides is 1. The lowest BCUT2D eigenvalue weighted by atomic mass is 10.1. The molecule has 2 aromatic rings. The Morgan fingerprint density at radius 1 is 1.20 bits per heavy atom. The Kier molecular flexibility index (Phi) is 4.76. The average molecular weight is 362 g/mol. The Labute approximate surface area is 146 Å². The molecule has 0 atom stereocenters. The van der Waals surface area contributed by atoms with E-state index in [4.69, 9.17) is 0 Å². The monoisotopic (exact) mass is 362 g/mol. The first-order chi connectivity index (χ1) is 11.9. The maximum absolute atomic E-state index is 13.0. The van der Waals surface area contributed by atoms with Gasteiger partial charge in [-0.05, 0) is 42.3 Å². The van der Waals surface area contributed by atoms with Crippen molar-refractivity contribution in [3.05, 3.63) is 65.5 Å². The molecule has 5 nitrogen and oxygen atoms in total. The van der Waals surface area contributed by atoms with Crippen LogP contribution in [-0.2, 0) is 16.6 Å². The van der Waals surface area contributed by atoms with Crippen LogP contribution < -0.4 is 4.31 Å². The molecule has 25 heavy (non-hydrogen) atoms. The molecule has 1 amide bonds. The van der Waals surface area contributed by atoms with E-state index in [0.29, 0.717) is 30.8 Å². The lowest BCUT2D eigenvalue weighted by Gasteiger charge is -2.20. The van der Waals surface area contributed by atoms with Gasteiger partial charge in [-0.15, -0.1) is 0 Å². The van der Waals surface area contributed by atoms with Crippen LogP contribution >= 0.6 is 0 Å². The van der Waals surface area contributed by atoms with Gasteiger partial charge >= 0.3 is 0 Å². The van der Waals surface area contributed by atoms with Gasteiger partial charge in [0.1, 0.15) is 5.82 Å². The van der Waals surface area contributed by atoms with Crippen LogP contribution in [0.5, 0.6) is 0 Å². The van der Waals surface area contributed by atoms with Crippen molar-refractivity contribution in [2.24, 2.45) is 0 Å². The van der Waals surface area contributed by atoms with Crippen molar-refractivity contribution in [1.29, 1.82) is 0 Å². The second kappa shape index (κ2) is 6.84. The number of amides is 1. The topological polar surface area (TPSA) is 57.7 Å². The zero-order valence-corrected chi connectivity index (χ0v) is 14.7. The Hall–Kier alpha value is -2.41. The molecule has 0 aromatic heterocycles. The predicted octanol–water partition coefficient (Wildman–Crippen LogP) is 2.64. The largest absolute Gasteiger partial charge is 0.337 e. The fourth-order valence-corrected chi connectivity index (χ4v) is 4.44. The normalized spacial score (nSPS) is 16.0. The van der Waals surface area contributed by atoms with E-state index in [1.54, 1.807) is 43.4 Å². The molecule has 1 heterocycles. The maximum Gasteiger partial charge on any atom is 0.253 e. The van der Waals surface area contributed by atoms with Crippen LogP contribution in [0.3, 0.4) is 0 Å². The number of benzene rings is 2. The van der Waals surface area contributed by atoms with Crippen molar-refractivity contribution in [2.45, 2.75) is 13.0 Å². The molecule has 0 bridgehead atoms. The molecule has 0 saturated carbocycles. The molecular formula is C18H19FN2O3S. The van der Waals surface area contributed by atoms with E-state index in [1.807, 2.05) is 0 Å². The molecule has 0 aliphatic carbocycles. The molecule has 1 fully saturated rings. The smallest absolute Gasteiger partial charge is 0.253 e. The van der Waals surface area contributed by atoms with Crippen LogP contribution in [0.25, 0.3) is 0 Å². The van der Waals surface area contributed by atoms with Gasteiger partial charge in [-0.1, -0.05) is 18.2 Å². The minimum absolute atomic E-state index is 0.135. The van der Waals surface area contributed by atoms with Crippen LogP contribution in [0, 0.1) is 5.82 Å². The predicted molar refractivity (Wildman–Crippen MR) is 94.4 cm³/mol. The Bertz CT molecular complexity index is 881.